The van der Waals surface area contributed by atoms with Crippen molar-refractivity contribution in [2.45, 2.75) is 13.5 Å². The van der Waals surface area contributed by atoms with Crippen LogP contribution < -0.4 is 0 Å². The van der Waals surface area contributed by atoms with Crippen molar-refractivity contribution in [2.24, 2.45) is 0 Å². The molecule has 0 aliphatic rings. The maximum atomic E-state index is 11.7. The average molecular weight is 253 g/mol. The minimum atomic E-state index is -0.533. The second kappa shape index (κ2) is 5.74. The van der Waals surface area contributed by atoms with Gasteiger partial charge >= 0.3 is 5.97 Å². The van der Waals surface area contributed by atoms with Gasteiger partial charge in [-0.05, 0) is 24.6 Å². The molecule has 19 heavy (non-hydrogen) atoms. The number of nitrogens with zero attached hydrogens (tertiary/aromatic N) is 3. The molecule has 0 atom stereocenters. The fraction of sp³-hybridized carbons (Fsp3) is 0.143. The van der Waals surface area contributed by atoms with E-state index in [0.717, 1.165) is 11.3 Å². The topological polar surface area (TPSA) is 75.9 Å². The van der Waals surface area contributed by atoms with E-state index in [-0.39, 0.29) is 12.3 Å². The van der Waals surface area contributed by atoms with Gasteiger partial charge in [0.25, 0.3) is 0 Å². The highest BCUT2D eigenvalue weighted by molar-refractivity contribution is 5.86. The minimum absolute atomic E-state index is 0.101. The number of rotatable bonds is 3. The van der Waals surface area contributed by atoms with Gasteiger partial charge in [-0.3, -0.25) is 4.98 Å². The summed E-state index contributed by atoms with van der Waals surface area (Å²) in [5, 5.41) is 8.77. The minimum Gasteiger partial charge on any atom is -0.456 e. The normalized spacial score (nSPS) is 9.68. The first kappa shape index (κ1) is 12.7. The van der Waals surface area contributed by atoms with Gasteiger partial charge in [-0.2, -0.15) is 5.26 Å². The van der Waals surface area contributed by atoms with E-state index in [9.17, 15) is 4.79 Å². The van der Waals surface area contributed by atoms with Crippen molar-refractivity contribution in [3.8, 4) is 6.07 Å². The molecule has 5 heteroatoms. The molecule has 2 aromatic rings. The molecule has 0 aliphatic heterocycles. The first-order valence-corrected chi connectivity index (χ1v) is 5.64. The summed E-state index contributed by atoms with van der Waals surface area (Å²) in [4.78, 5) is 19.6. The van der Waals surface area contributed by atoms with Gasteiger partial charge in [-0.15, -0.1) is 0 Å². The van der Waals surface area contributed by atoms with Gasteiger partial charge in [0.1, 0.15) is 6.61 Å². The van der Waals surface area contributed by atoms with Crippen LogP contribution in [0, 0.1) is 18.3 Å². The third-order valence-corrected chi connectivity index (χ3v) is 2.42. The Balaban J connectivity index is 2.00. The molecule has 1 aromatic carbocycles. The number of hydrogen-bond donors (Lipinski definition) is 0. The van der Waals surface area contributed by atoms with Crippen molar-refractivity contribution < 1.29 is 9.53 Å². The van der Waals surface area contributed by atoms with Crippen LogP contribution in [0.4, 0.5) is 0 Å². The van der Waals surface area contributed by atoms with Gasteiger partial charge in [0.15, 0.2) is 5.69 Å². The molecule has 0 amide bonds. The van der Waals surface area contributed by atoms with Crippen molar-refractivity contribution in [3.05, 3.63) is 59.2 Å². The number of esters is 1. The van der Waals surface area contributed by atoms with Crippen LogP contribution in [-0.4, -0.2) is 15.9 Å². The van der Waals surface area contributed by atoms with E-state index in [4.69, 9.17) is 10.00 Å². The quantitative estimate of drug-likeness (QED) is 0.782. The summed E-state index contributed by atoms with van der Waals surface area (Å²) < 4.78 is 5.10. The van der Waals surface area contributed by atoms with Gasteiger partial charge in [0.05, 0.1) is 23.5 Å². The zero-order valence-corrected chi connectivity index (χ0v) is 10.3. The second-order valence-electron chi connectivity index (χ2n) is 3.93. The molecule has 0 spiro atoms. The van der Waals surface area contributed by atoms with Crippen molar-refractivity contribution in [2.75, 3.05) is 0 Å². The maximum Gasteiger partial charge on any atom is 0.358 e. The molecule has 0 saturated heterocycles. The van der Waals surface area contributed by atoms with Gasteiger partial charge in [0.2, 0.25) is 0 Å². The predicted molar refractivity (Wildman–Crippen MR) is 67.0 cm³/mol. The van der Waals surface area contributed by atoms with Crippen molar-refractivity contribution in [1.29, 1.82) is 5.26 Å². The van der Waals surface area contributed by atoms with E-state index in [2.05, 4.69) is 9.97 Å². The van der Waals surface area contributed by atoms with Crippen LogP contribution >= 0.6 is 0 Å². The monoisotopic (exact) mass is 253 g/mol. The number of aromatic nitrogens is 2. The Morgan fingerprint density at radius 2 is 2.21 bits per heavy atom. The first-order valence-electron chi connectivity index (χ1n) is 5.64. The highest BCUT2D eigenvalue weighted by Gasteiger charge is 2.09. The third-order valence-electron chi connectivity index (χ3n) is 2.42. The second-order valence-corrected chi connectivity index (χ2v) is 3.93. The lowest BCUT2D eigenvalue weighted by Crippen LogP contribution is -2.08. The predicted octanol–water partition coefficient (Wildman–Crippen LogP) is 2.01. The molecule has 0 radical (unpaired) electrons. The number of hydrogen-bond acceptors (Lipinski definition) is 5. The fourth-order valence-corrected chi connectivity index (χ4v) is 1.45. The molecule has 0 fully saturated rings. The van der Waals surface area contributed by atoms with Crippen LogP contribution in [0.1, 0.15) is 27.3 Å². The molecule has 0 aliphatic carbocycles. The lowest BCUT2D eigenvalue weighted by Gasteiger charge is -2.04. The Kier molecular flexibility index (Phi) is 3.84. The summed E-state index contributed by atoms with van der Waals surface area (Å²) in [6.07, 6.45) is 2.89. The molecule has 0 saturated carbocycles. The summed E-state index contributed by atoms with van der Waals surface area (Å²) >= 11 is 0. The lowest BCUT2D eigenvalue weighted by atomic mass is 10.1. The Hall–Kier alpha value is -2.74. The number of aryl methyl sites for hydroxylation is 1. The summed E-state index contributed by atoms with van der Waals surface area (Å²) in [5.74, 6) is -0.533. The number of carbonyl (C=O) groups is 1. The largest absolute Gasteiger partial charge is 0.456 e. The van der Waals surface area contributed by atoms with Gasteiger partial charge in [-0.25, -0.2) is 9.78 Å². The van der Waals surface area contributed by atoms with Crippen molar-refractivity contribution in [3.63, 3.8) is 0 Å². The zero-order valence-electron chi connectivity index (χ0n) is 10.3. The highest BCUT2D eigenvalue weighted by Crippen LogP contribution is 2.07. The fourth-order valence-electron chi connectivity index (χ4n) is 1.45. The summed E-state index contributed by atoms with van der Waals surface area (Å²) in [6, 6.07) is 8.93. The van der Waals surface area contributed by atoms with E-state index in [0.29, 0.717) is 5.56 Å². The molecule has 2 rings (SSSR count). The van der Waals surface area contributed by atoms with Gasteiger partial charge in [0, 0.05) is 6.20 Å². The number of carbonyl (C=O) groups excluding carboxylic acids is 1. The van der Waals surface area contributed by atoms with Crippen molar-refractivity contribution >= 4 is 5.97 Å². The highest BCUT2D eigenvalue weighted by atomic mass is 16.5. The number of ether oxygens (including phenoxy) is 1. The Bertz CT molecular complexity index is 630. The van der Waals surface area contributed by atoms with E-state index in [1.807, 2.05) is 6.07 Å². The number of benzene rings is 1. The van der Waals surface area contributed by atoms with Gasteiger partial charge < -0.3 is 4.74 Å². The molecule has 94 valence electrons. The van der Waals surface area contributed by atoms with Crippen LogP contribution in [0.3, 0.4) is 0 Å². The molecule has 0 N–H and O–H groups in total. The average Bonchev–Trinajstić information content (AvgIpc) is 2.46. The Morgan fingerprint density at radius 1 is 1.37 bits per heavy atom. The lowest BCUT2D eigenvalue weighted by molar-refractivity contribution is 0.0465. The van der Waals surface area contributed by atoms with Crippen LogP contribution in [0.2, 0.25) is 0 Å². The van der Waals surface area contributed by atoms with E-state index in [1.54, 1.807) is 31.2 Å². The molecular weight excluding hydrogens is 242 g/mol. The summed E-state index contributed by atoms with van der Waals surface area (Å²) in [7, 11) is 0. The number of nitriles is 1. The Morgan fingerprint density at radius 3 is 2.89 bits per heavy atom. The van der Waals surface area contributed by atoms with Gasteiger partial charge in [-0.1, -0.05) is 12.1 Å². The zero-order chi connectivity index (χ0) is 13.7. The smallest absolute Gasteiger partial charge is 0.358 e. The molecule has 0 unspecified atom stereocenters. The standard InChI is InChI=1S/C14H11N3O2/c1-10-7-17-13(8-16-10)14(18)19-9-12-4-2-3-11(5-12)6-15/h2-5,7-8H,9H2,1H3. The first-order chi connectivity index (χ1) is 9.19. The summed E-state index contributed by atoms with van der Waals surface area (Å²) in [5.41, 5.74) is 2.19. The van der Waals surface area contributed by atoms with Crippen LogP contribution in [0.5, 0.6) is 0 Å². The maximum absolute atomic E-state index is 11.7. The molecule has 0 bridgehead atoms. The van der Waals surface area contributed by atoms with Crippen molar-refractivity contribution in [1.82, 2.24) is 9.97 Å². The Labute approximate surface area is 110 Å². The summed E-state index contributed by atoms with van der Waals surface area (Å²) in [6.45, 7) is 1.89. The van der Waals surface area contributed by atoms with E-state index in [1.165, 1.54) is 12.4 Å². The molecule has 1 aromatic heterocycles. The molecular formula is C14H11N3O2. The third kappa shape index (κ3) is 3.36. The SMILES string of the molecule is Cc1cnc(C(=O)OCc2cccc(C#N)c2)cn1. The molecule has 1 heterocycles. The van der Waals surface area contributed by atoms with Crippen LogP contribution in [0.25, 0.3) is 0 Å². The van der Waals surface area contributed by atoms with Crippen LogP contribution in [-0.2, 0) is 11.3 Å². The molecule has 5 nitrogen and oxygen atoms in total. The van der Waals surface area contributed by atoms with Crippen LogP contribution in [0.15, 0.2) is 36.7 Å². The van der Waals surface area contributed by atoms with E-state index < -0.39 is 5.97 Å². The van der Waals surface area contributed by atoms with E-state index >= 15 is 0 Å².